The van der Waals surface area contributed by atoms with E-state index >= 15 is 0 Å². The second-order valence-corrected chi connectivity index (χ2v) is 4.01. The molecule has 0 aliphatic rings. The molecule has 0 aliphatic heterocycles. The molecular weight excluding hydrogens is 262 g/mol. The molecule has 0 atom stereocenters. The number of carbonyl (C=O) groups is 3. The Labute approximate surface area is 116 Å². The Morgan fingerprint density at radius 1 is 1.35 bits per heavy atom. The molecule has 0 bridgehead atoms. The number of nitrogens with zero attached hydrogens (tertiary/aromatic N) is 2. The quantitative estimate of drug-likeness (QED) is 0.784. The van der Waals surface area contributed by atoms with Crippen molar-refractivity contribution in [3.05, 3.63) is 29.6 Å². The minimum absolute atomic E-state index is 0.0616. The Hall–Kier alpha value is -2.44. The van der Waals surface area contributed by atoms with Crippen LogP contribution in [0.3, 0.4) is 0 Å². The van der Waals surface area contributed by atoms with Gasteiger partial charge in [0.2, 0.25) is 5.91 Å². The zero-order valence-corrected chi connectivity index (χ0v) is 11.4. The molecule has 20 heavy (non-hydrogen) atoms. The van der Waals surface area contributed by atoms with Crippen LogP contribution in [0.1, 0.15) is 34.7 Å². The third-order valence-electron chi connectivity index (χ3n) is 2.60. The maximum atomic E-state index is 12.2. The number of carbonyl (C=O) groups excluding carboxylic acids is 2. The third-order valence-corrected chi connectivity index (χ3v) is 2.60. The number of aromatic carboxylic acids is 1. The van der Waals surface area contributed by atoms with Gasteiger partial charge in [-0.2, -0.15) is 0 Å². The maximum Gasteiger partial charge on any atom is 0.354 e. The molecule has 108 valence electrons. The Bertz CT molecular complexity index is 516. The molecule has 7 nitrogen and oxygen atoms in total. The summed E-state index contributed by atoms with van der Waals surface area (Å²) in [5.74, 6) is -1.86. The van der Waals surface area contributed by atoms with Crippen LogP contribution < -0.4 is 5.32 Å². The molecule has 1 heterocycles. The number of aromatic nitrogens is 1. The van der Waals surface area contributed by atoms with Gasteiger partial charge >= 0.3 is 5.97 Å². The van der Waals surface area contributed by atoms with Gasteiger partial charge in [0.15, 0.2) is 0 Å². The zero-order valence-electron chi connectivity index (χ0n) is 11.4. The first-order valence-corrected chi connectivity index (χ1v) is 6.24. The van der Waals surface area contributed by atoms with E-state index in [0.29, 0.717) is 13.1 Å². The van der Waals surface area contributed by atoms with Gasteiger partial charge in [-0.25, -0.2) is 9.78 Å². The fourth-order valence-corrected chi connectivity index (χ4v) is 1.62. The van der Waals surface area contributed by atoms with Crippen molar-refractivity contribution >= 4 is 17.8 Å². The number of nitrogens with one attached hydrogen (secondary N) is 1. The lowest BCUT2D eigenvalue weighted by atomic mass is 10.2. The van der Waals surface area contributed by atoms with Crippen LogP contribution in [0.25, 0.3) is 0 Å². The van der Waals surface area contributed by atoms with E-state index in [2.05, 4.69) is 10.3 Å². The van der Waals surface area contributed by atoms with Crippen molar-refractivity contribution in [3.63, 3.8) is 0 Å². The van der Waals surface area contributed by atoms with E-state index in [-0.39, 0.29) is 23.7 Å². The number of pyridine rings is 1. The number of hydrogen-bond acceptors (Lipinski definition) is 4. The highest BCUT2D eigenvalue weighted by Crippen LogP contribution is 2.06. The van der Waals surface area contributed by atoms with Crippen LogP contribution in [0, 0.1) is 0 Å². The van der Waals surface area contributed by atoms with E-state index in [1.165, 1.54) is 23.2 Å². The Kier molecular flexibility index (Phi) is 5.64. The smallest absolute Gasteiger partial charge is 0.354 e. The summed E-state index contributed by atoms with van der Waals surface area (Å²) in [4.78, 5) is 39.5. The molecule has 0 saturated carbocycles. The summed E-state index contributed by atoms with van der Waals surface area (Å²) in [5, 5.41) is 11.5. The highest BCUT2D eigenvalue weighted by molar-refractivity contribution is 5.98. The van der Waals surface area contributed by atoms with Gasteiger partial charge in [0.1, 0.15) is 5.69 Å². The highest BCUT2D eigenvalue weighted by atomic mass is 16.4. The van der Waals surface area contributed by atoms with Gasteiger partial charge in [-0.05, 0) is 26.0 Å². The van der Waals surface area contributed by atoms with E-state index in [4.69, 9.17) is 5.11 Å². The summed E-state index contributed by atoms with van der Waals surface area (Å²) in [6.45, 7) is 4.31. The molecular formula is C13H17N3O4. The Morgan fingerprint density at radius 3 is 2.60 bits per heavy atom. The summed E-state index contributed by atoms with van der Waals surface area (Å²) < 4.78 is 0. The topological polar surface area (TPSA) is 99.6 Å². The minimum atomic E-state index is -1.20. The highest BCUT2D eigenvalue weighted by Gasteiger charge is 2.18. The number of rotatable bonds is 6. The van der Waals surface area contributed by atoms with E-state index < -0.39 is 11.9 Å². The first-order chi connectivity index (χ1) is 9.49. The predicted molar refractivity (Wildman–Crippen MR) is 71.5 cm³/mol. The summed E-state index contributed by atoms with van der Waals surface area (Å²) in [7, 11) is 0. The van der Waals surface area contributed by atoms with Crippen molar-refractivity contribution in [2.45, 2.75) is 13.8 Å². The van der Waals surface area contributed by atoms with Crippen molar-refractivity contribution < 1.29 is 19.5 Å². The standard InChI is InChI=1S/C13H17N3O4/c1-3-14-11(17)8-16(4-2)12(18)9-5-6-15-10(7-9)13(19)20/h5-7H,3-4,8H2,1-2H3,(H,14,17)(H,19,20). The molecule has 0 aliphatic carbocycles. The average molecular weight is 279 g/mol. The lowest BCUT2D eigenvalue weighted by Crippen LogP contribution is -2.40. The van der Waals surface area contributed by atoms with E-state index in [1.807, 2.05) is 0 Å². The Morgan fingerprint density at radius 2 is 2.05 bits per heavy atom. The van der Waals surface area contributed by atoms with Crippen LogP contribution in [0.5, 0.6) is 0 Å². The monoisotopic (exact) mass is 279 g/mol. The zero-order chi connectivity index (χ0) is 15.1. The number of carboxylic acid groups (broad SMARTS) is 1. The molecule has 1 rings (SSSR count). The molecule has 0 radical (unpaired) electrons. The second kappa shape index (κ2) is 7.22. The number of amides is 2. The van der Waals surface area contributed by atoms with Gasteiger partial charge in [-0.15, -0.1) is 0 Å². The van der Waals surface area contributed by atoms with Crippen molar-refractivity contribution in [2.75, 3.05) is 19.6 Å². The van der Waals surface area contributed by atoms with Crippen molar-refractivity contribution in [2.24, 2.45) is 0 Å². The van der Waals surface area contributed by atoms with Crippen molar-refractivity contribution in [3.8, 4) is 0 Å². The van der Waals surface area contributed by atoms with E-state index in [0.717, 1.165) is 0 Å². The number of likely N-dealkylation sites (N-methyl/N-ethyl adjacent to an activating group) is 2. The molecule has 0 aromatic carbocycles. The summed E-state index contributed by atoms with van der Waals surface area (Å²) in [6, 6.07) is 2.63. The molecule has 1 aromatic rings. The van der Waals surface area contributed by atoms with Gasteiger partial charge < -0.3 is 15.3 Å². The lowest BCUT2D eigenvalue weighted by Gasteiger charge is -2.20. The van der Waals surface area contributed by atoms with Gasteiger partial charge in [0.05, 0.1) is 6.54 Å². The summed E-state index contributed by atoms with van der Waals surface area (Å²) in [6.07, 6.45) is 1.26. The Balaban J connectivity index is 2.88. The van der Waals surface area contributed by atoms with Crippen LogP contribution in [-0.4, -0.2) is 52.4 Å². The maximum absolute atomic E-state index is 12.2. The fourth-order valence-electron chi connectivity index (χ4n) is 1.62. The second-order valence-electron chi connectivity index (χ2n) is 4.01. The van der Waals surface area contributed by atoms with Crippen molar-refractivity contribution in [1.82, 2.24) is 15.2 Å². The molecule has 0 unspecified atom stereocenters. The number of carboxylic acids is 1. The molecule has 2 N–H and O–H groups in total. The average Bonchev–Trinajstić information content (AvgIpc) is 2.44. The molecule has 0 fully saturated rings. The van der Waals surface area contributed by atoms with Crippen LogP contribution in [-0.2, 0) is 4.79 Å². The number of hydrogen-bond donors (Lipinski definition) is 2. The predicted octanol–water partition coefficient (Wildman–Crippen LogP) is 0.378. The lowest BCUT2D eigenvalue weighted by molar-refractivity contribution is -0.121. The molecule has 1 aromatic heterocycles. The third kappa shape index (κ3) is 4.04. The van der Waals surface area contributed by atoms with Crippen LogP contribution >= 0.6 is 0 Å². The largest absolute Gasteiger partial charge is 0.477 e. The molecule has 7 heteroatoms. The SMILES string of the molecule is CCNC(=O)CN(CC)C(=O)c1ccnc(C(=O)O)c1. The van der Waals surface area contributed by atoms with Gasteiger partial charge in [0.25, 0.3) is 5.91 Å². The van der Waals surface area contributed by atoms with Crippen LogP contribution in [0.15, 0.2) is 18.3 Å². The van der Waals surface area contributed by atoms with E-state index in [9.17, 15) is 14.4 Å². The molecule has 0 saturated heterocycles. The van der Waals surface area contributed by atoms with Crippen LogP contribution in [0.4, 0.5) is 0 Å². The first-order valence-electron chi connectivity index (χ1n) is 6.24. The molecule has 0 spiro atoms. The summed E-state index contributed by atoms with van der Waals surface area (Å²) in [5.41, 5.74) is -0.00605. The van der Waals surface area contributed by atoms with Crippen molar-refractivity contribution in [1.29, 1.82) is 0 Å². The minimum Gasteiger partial charge on any atom is -0.477 e. The van der Waals surface area contributed by atoms with E-state index in [1.54, 1.807) is 13.8 Å². The van der Waals surface area contributed by atoms with Gasteiger partial charge in [-0.1, -0.05) is 0 Å². The van der Waals surface area contributed by atoms with Crippen LogP contribution in [0.2, 0.25) is 0 Å². The molecule has 2 amide bonds. The summed E-state index contributed by atoms with van der Waals surface area (Å²) >= 11 is 0. The first kappa shape index (κ1) is 15.6. The van der Waals surface area contributed by atoms with Gasteiger partial charge in [0, 0.05) is 24.8 Å². The fraction of sp³-hybridized carbons (Fsp3) is 0.385. The van der Waals surface area contributed by atoms with Gasteiger partial charge in [-0.3, -0.25) is 9.59 Å². The normalized spacial score (nSPS) is 9.90.